The van der Waals surface area contributed by atoms with Crippen molar-refractivity contribution in [3.8, 4) is 0 Å². The molecule has 31 N–H and O–H groups in total. The average Bonchev–Trinajstić information content (AvgIpc) is 1.07. The fourth-order valence-electron chi connectivity index (χ4n) is 12.2. The molecule has 14 amide bonds. The minimum Gasteiger partial charge on any atom is -0.355 e. The van der Waals surface area contributed by atoms with Crippen LogP contribution in [0.2, 0.25) is 0 Å². The first kappa shape index (κ1) is 112. The molecule has 0 saturated heterocycles. The maximum Gasteiger partial charge on any atom is 0.221 e. The highest BCUT2D eigenvalue weighted by Crippen LogP contribution is 2.19. The number of rotatable bonds is 81. The van der Waals surface area contributed by atoms with Crippen molar-refractivity contribution in [2.45, 2.75) is 89.9 Å². The summed E-state index contributed by atoms with van der Waals surface area (Å²) in [6.07, 6.45) is 9.60. The number of carbonyl (C=O) groups is 14. The molecule has 122 heavy (non-hydrogen) atoms. The Morgan fingerprint density at radius 2 is 0.303 bits per heavy atom. The first-order chi connectivity index (χ1) is 59.0. The van der Waals surface area contributed by atoms with Gasteiger partial charge in [0.2, 0.25) is 82.7 Å². The molecule has 0 aromatic carbocycles. The largest absolute Gasteiger partial charge is 0.355 e. The zero-order valence-corrected chi connectivity index (χ0v) is 72.6. The van der Waals surface area contributed by atoms with Gasteiger partial charge in [-0.05, 0) is 38.1 Å². The molecule has 0 unspecified atom stereocenters. The number of nitrogens with two attached hydrogens (primary N) is 8. The Labute approximate surface area is 722 Å². The van der Waals surface area contributed by atoms with Gasteiger partial charge < -0.3 is 160 Å². The van der Waals surface area contributed by atoms with Gasteiger partial charge in [0.15, 0.2) is 0 Å². The Hall–Kier alpha value is -8.06. The van der Waals surface area contributed by atoms with Gasteiger partial charge in [0, 0.05) is 378 Å². The molecule has 1 aliphatic carbocycles. The monoisotopic (exact) mass is 1740 g/mol. The summed E-state index contributed by atoms with van der Waals surface area (Å²) in [5, 5.41) is 43.1. The minimum absolute atomic E-state index is 0.0280. The number of nitrogens with zero attached hydrogens (tertiary/aromatic N) is 7. The lowest BCUT2D eigenvalue weighted by Gasteiger charge is -2.25. The third kappa shape index (κ3) is 66.5. The molecule has 1 saturated carbocycles. The maximum atomic E-state index is 13.8. The van der Waals surface area contributed by atoms with Gasteiger partial charge in [-0.15, -0.1) is 0 Å². The van der Waals surface area contributed by atoms with Crippen LogP contribution in [-0.4, -0.2) is 412 Å². The molecule has 0 atom stereocenters. The summed E-state index contributed by atoms with van der Waals surface area (Å²) in [5.74, 6) is -3.07. The van der Waals surface area contributed by atoms with E-state index in [4.69, 9.17) is 45.9 Å². The molecule has 0 aromatic heterocycles. The smallest absolute Gasteiger partial charge is 0.221 e. The van der Waals surface area contributed by atoms with Crippen LogP contribution in [0.5, 0.6) is 0 Å². The highest BCUT2D eigenvalue weighted by atomic mass is 16.2. The van der Waals surface area contributed by atoms with Crippen molar-refractivity contribution in [3.05, 3.63) is 25.7 Å². The van der Waals surface area contributed by atoms with Gasteiger partial charge in [0.05, 0.1) is 0 Å². The number of hydrogen-bond acceptors (Lipinski definition) is 30. The van der Waals surface area contributed by atoms with Crippen molar-refractivity contribution in [3.63, 3.8) is 0 Å². The van der Waals surface area contributed by atoms with Crippen molar-refractivity contribution in [2.24, 2.45) is 51.8 Å². The zero-order chi connectivity index (χ0) is 89.9. The molecule has 0 heterocycles. The molecule has 44 heteroatoms. The van der Waals surface area contributed by atoms with Crippen LogP contribution in [0.1, 0.15) is 89.9 Å². The van der Waals surface area contributed by atoms with Gasteiger partial charge >= 0.3 is 0 Å². The van der Waals surface area contributed by atoms with Gasteiger partial charge in [-0.3, -0.25) is 67.1 Å². The predicted octanol–water partition coefficient (Wildman–Crippen LogP) is -12.1. The molecule has 0 bridgehead atoms. The molecule has 0 aliphatic heterocycles. The van der Waals surface area contributed by atoms with Gasteiger partial charge in [-0.1, -0.05) is 0 Å². The van der Waals surface area contributed by atoms with E-state index in [0.29, 0.717) is 164 Å². The van der Waals surface area contributed by atoms with E-state index in [-0.39, 0.29) is 309 Å². The quantitative estimate of drug-likeness (QED) is 0.0251. The molecular formula is C78H154N30O14. The number of hydrogen-bond donors (Lipinski definition) is 23. The van der Waals surface area contributed by atoms with Crippen LogP contribution in [0.15, 0.2) is 0 Å². The minimum atomic E-state index is -0.288. The first-order valence-electron chi connectivity index (χ1n) is 43.4. The molecule has 700 valence electrons. The second-order valence-electron chi connectivity index (χ2n) is 29.2. The second-order valence-corrected chi connectivity index (χ2v) is 29.2. The summed E-state index contributed by atoms with van der Waals surface area (Å²) in [5.41, 5.74) is 44.5. The first-order valence-corrected chi connectivity index (χ1v) is 43.4. The van der Waals surface area contributed by atoms with Crippen LogP contribution in [0.4, 0.5) is 0 Å². The summed E-state index contributed by atoms with van der Waals surface area (Å²) < 4.78 is 0. The lowest BCUT2D eigenvalue weighted by atomic mass is 10.1. The van der Waals surface area contributed by atoms with E-state index in [2.05, 4.69) is 92.6 Å². The second kappa shape index (κ2) is 76.6. The van der Waals surface area contributed by atoms with Crippen molar-refractivity contribution in [1.29, 1.82) is 0 Å². The predicted molar refractivity (Wildman–Crippen MR) is 468 cm³/mol. The summed E-state index contributed by atoms with van der Waals surface area (Å²) in [6, 6.07) is 0. The fraction of sp³-hybridized carbons (Fsp3) is 0.769. The van der Waals surface area contributed by atoms with Crippen LogP contribution in [0, 0.1) is 31.6 Å². The van der Waals surface area contributed by atoms with E-state index in [0.717, 1.165) is 0 Å². The normalized spacial score (nSPS) is 12.1. The molecular weight excluding hydrogens is 1580 g/mol. The van der Waals surface area contributed by atoms with Crippen LogP contribution >= 0.6 is 0 Å². The van der Waals surface area contributed by atoms with E-state index in [1.165, 1.54) is 0 Å². The lowest BCUT2D eigenvalue weighted by molar-refractivity contribution is -0.123. The van der Waals surface area contributed by atoms with E-state index in [1.807, 2.05) is 47.1 Å². The summed E-state index contributed by atoms with van der Waals surface area (Å²) in [4.78, 5) is 195. The molecule has 44 nitrogen and oxygen atoms in total. The lowest BCUT2D eigenvalue weighted by Crippen LogP contribution is -2.42. The van der Waals surface area contributed by atoms with Crippen LogP contribution in [-0.2, 0) is 67.1 Å². The number of amides is 14. The topological polar surface area (TPSA) is 650 Å². The van der Waals surface area contributed by atoms with E-state index >= 15 is 0 Å². The van der Waals surface area contributed by atoms with Crippen molar-refractivity contribution < 1.29 is 67.1 Å². The van der Waals surface area contributed by atoms with Crippen LogP contribution < -0.4 is 126 Å². The Morgan fingerprint density at radius 3 is 0.434 bits per heavy atom. The molecule has 1 aliphatic rings. The summed E-state index contributed by atoms with van der Waals surface area (Å²) >= 11 is 0. The van der Waals surface area contributed by atoms with Gasteiger partial charge in [-0.25, -0.2) is 0 Å². The number of carbonyl (C=O) groups excluding carboxylic acids is 14. The average molecular weight is 1740 g/mol. The summed E-state index contributed by atoms with van der Waals surface area (Å²) in [6.45, 7) is 13.6. The van der Waals surface area contributed by atoms with Gasteiger partial charge in [0.25, 0.3) is 0 Å². The molecule has 0 aromatic rings. The Kier molecular flexibility index (Phi) is 70.3. The zero-order valence-electron chi connectivity index (χ0n) is 72.6. The standard InChI is InChI=1S/C78H154N30O14/c79-19-27-88-65(109)5-44-103(45-6-66(110)89-28-20-80)57-36-98-75(119)15-52-107(53-16-76(120)99-37-58-104(46-7-67(111)90-29-21-81)47-8-68(112)91-30-22-82)61-40-96-73(117)13-42-102(56-35-87-63-64-3-1-2-4-64)43-14-74(118)97-41-62-108(54-17-77(121)100-38-59-105(48-9-69(113)92-31-23-83)49-10-70(114)93-32-24-84)55-18-78(122)101-39-60-106(50-11-71(115)94-33-25-85)51-12-72(116)95-34-26-86/h1-4,64,87H,5-63,79-86H2,(H,88,109)(H,89,110)(H,90,111)(H,91,112)(H,92,113)(H,93,114)(H,94,115)(H,95,116)(H,96,117)(H,97,118)(H,98,119)(H,99,120)(H,100,121)(H,101,122). The third-order valence-corrected chi connectivity index (χ3v) is 19.2. The fourth-order valence-corrected chi connectivity index (χ4v) is 12.2. The van der Waals surface area contributed by atoms with Crippen molar-refractivity contribution >= 4 is 82.7 Å². The summed E-state index contributed by atoms with van der Waals surface area (Å²) in [7, 11) is 0. The number of nitrogens with one attached hydrogen (secondary N) is 15. The van der Waals surface area contributed by atoms with Gasteiger partial charge in [-0.2, -0.15) is 0 Å². The van der Waals surface area contributed by atoms with Crippen molar-refractivity contribution in [1.82, 2.24) is 114 Å². The van der Waals surface area contributed by atoms with E-state index in [9.17, 15) is 67.1 Å². The molecule has 1 fully saturated rings. The molecule has 1 rings (SSSR count). The van der Waals surface area contributed by atoms with Crippen LogP contribution in [0.25, 0.3) is 0 Å². The van der Waals surface area contributed by atoms with Crippen LogP contribution in [0.3, 0.4) is 0 Å². The third-order valence-electron chi connectivity index (χ3n) is 19.2. The molecule has 4 radical (unpaired) electrons. The Bertz CT molecular complexity index is 2480. The maximum absolute atomic E-state index is 13.8. The van der Waals surface area contributed by atoms with E-state index in [1.54, 1.807) is 0 Å². The Morgan fingerprint density at radius 1 is 0.180 bits per heavy atom. The van der Waals surface area contributed by atoms with E-state index < -0.39 is 0 Å². The highest BCUT2D eigenvalue weighted by Gasteiger charge is 2.22. The highest BCUT2D eigenvalue weighted by molar-refractivity contribution is 5.81. The SMILES string of the molecule is NCCNC(=O)CCN(CCNC(=O)CCN(CCNC(=O)CCN(CCNCC1[CH][CH][CH][CH]1)CCC(=O)NCCN(CCC(=O)NCCN(CCC(=O)NCCN)CCC(=O)NCCN)CCC(=O)NCCN(CCC(=O)NCCN)CCC(=O)NCCN)CCC(=O)NCCN(CCC(=O)NCCN)CCC(=O)NCCN)CCC(=O)NCCN. The van der Waals surface area contributed by atoms with Crippen molar-refractivity contribution in [2.75, 3.05) is 295 Å². The van der Waals surface area contributed by atoms with Gasteiger partial charge in [0.1, 0.15) is 0 Å². The Balaban J connectivity index is 3.34. The molecule has 0 spiro atoms.